The van der Waals surface area contributed by atoms with Crippen molar-refractivity contribution < 1.29 is 19.1 Å². The number of nitrogens with zero attached hydrogens (tertiary/aromatic N) is 1. The lowest BCUT2D eigenvalue weighted by molar-refractivity contribution is -0.123. The standard InChI is InChI=1S/C15H29NO4Si/c1-14(2,3)12-11(10(17)9-16(12)13(18)19)20-21(7,8)15(4,5)6/h11-12H,9H2,1-8H3,(H,18,19)/t11-,12?/m1/s1. The van der Waals surface area contributed by atoms with Crippen LogP contribution in [0.25, 0.3) is 0 Å². The van der Waals surface area contributed by atoms with Gasteiger partial charge in [0, 0.05) is 0 Å². The number of likely N-dealkylation sites (tertiary alicyclic amines) is 1. The van der Waals surface area contributed by atoms with Crippen molar-refractivity contribution in [1.82, 2.24) is 4.90 Å². The molecule has 6 heteroatoms. The summed E-state index contributed by atoms with van der Waals surface area (Å²) in [6, 6.07) is -0.434. The van der Waals surface area contributed by atoms with E-state index in [1.165, 1.54) is 4.90 Å². The molecule has 0 aromatic heterocycles. The van der Waals surface area contributed by atoms with Crippen molar-refractivity contribution in [3.8, 4) is 0 Å². The summed E-state index contributed by atoms with van der Waals surface area (Å²) in [4.78, 5) is 25.0. The molecule has 5 nitrogen and oxygen atoms in total. The summed E-state index contributed by atoms with van der Waals surface area (Å²) < 4.78 is 6.28. The lowest BCUT2D eigenvalue weighted by Gasteiger charge is -2.42. The summed E-state index contributed by atoms with van der Waals surface area (Å²) in [5.41, 5.74) is -0.350. The van der Waals surface area contributed by atoms with Crippen LogP contribution in [0.1, 0.15) is 41.5 Å². The second kappa shape index (κ2) is 5.39. The molecular weight excluding hydrogens is 286 g/mol. The lowest BCUT2D eigenvalue weighted by atomic mass is 9.84. The molecule has 1 unspecified atom stereocenters. The number of rotatable bonds is 2. The Hall–Kier alpha value is -0.883. The minimum atomic E-state index is -2.14. The highest BCUT2D eigenvalue weighted by atomic mass is 28.4. The molecule has 1 aliphatic rings. The van der Waals surface area contributed by atoms with Crippen LogP contribution in [0.5, 0.6) is 0 Å². The first-order valence-electron chi connectivity index (χ1n) is 7.38. The van der Waals surface area contributed by atoms with Crippen LogP contribution in [0.2, 0.25) is 18.1 Å². The van der Waals surface area contributed by atoms with Gasteiger partial charge in [0.25, 0.3) is 0 Å². The number of carbonyl (C=O) groups excluding carboxylic acids is 1. The van der Waals surface area contributed by atoms with Gasteiger partial charge < -0.3 is 9.53 Å². The van der Waals surface area contributed by atoms with Crippen LogP contribution in [0, 0.1) is 5.41 Å². The molecule has 0 aromatic rings. The summed E-state index contributed by atoms with van der Waals surface area (Å²) in [6.45, 7) is 16.3. The highest BCUT2D eigenvalue weighted by Gasteiger charge is 2.52. The first-order valence-corrected chi connectivity index (χ1v) is 10.3. The van der Waals surface area contributed by atoms with Gasteiger partial charge in [-0.2, -0.15) is 0 Å². The largest absolute Gasteiger partial charge is 0.465 e. The van der Waals surface area contributed by atoms with Crippen LogP contribution in [0.3, 0.4) is 0 Å². The summed E-state index contributed by atoms with van der Waals surface area (Å²) >= 11 is 0. The first kappa shape index (κ1) is 18.2. The Morgan fingerprint density at radius 2 is 1.71 bits per heavy atom. The average molecular weight is 315 g/mol. The zero-order chi connectivity index (χ0) is 16.8. The molecule has 1 fully saturated rings. The molecule has 0 bridgehead atoms. The Kier molecular flexibility index (Phi) is 4.66. The van der Waals surface area contributed by atoms with Gasteiger partial charge >= 0.3 is 6.09 Å². The molecule has 0 spiro atoms. The van der Waals surface area contributed by atoms with E-state index in [0.29, 0.717) is 0 Å². The van der Waals surface area contributed by atoms with Crippen molar-refractivity contribution in [3.63, 3.8) is 0 Å². The van der Waals surface area contributed by atoms with E-state index in [-0.39, 0.29) is 22.8 Å². The van der Waals surface area contributed by atoms with Crippen LogP contribution in [0.15, 0.2) is 0 Å². The van der Waals surface area contributed by atoms with Crippen molar-refractivity contribution in [2.75, 3.05) is 6.54 Å². The van der Waals surface area contributed by atoms with Gasteiger partial charge in [0.1, 0.15) is 6.10 Å². The van der Waals surface area contributed by atoms with Crippen molar-refractivity contribution >= 4 is 20.2 Å². The van der Waals surface area contributed by atoms with Gasteiger partial charge in [0.15, 0.2) is 14.1 Å². The molecule has 1 N–H and O–H groups in total. The quantitative estimate of drug-likeness (QED) is 0.794. The van der Waals surface area contributed by atoms with E-state index in [2.05, 4.69) is 33.9 Å². The van der Waals surface area contributed by atoms with E-state index in [9.17, 15) is 14.7 Å². The summed E-state index contributed by atoms with van der Waals surface area (Å²) in [5.74, 6) is -0.123. The Balaban J connectivity index is 3.15. The molecule has 1 saturated heterocycles. The SMILES string of the molecule is CC(C)(C)C1[C@H](O[Si](C)(C)C(C)(C)C)C(=O)CN1C(=O)O. The minimum Gasteiger partial charge on any atom is -0.465 e. The maximum atomic E-state index is 12.3. The van der Waals surface area contributed by atoms with E-state index < -0.39 is 26.6 Å². The van der Waals surface area contributed by atoms with Crippen LogP contribution >= 0.6 is 0 Å². The number of amides is 1. The predicted molar refractivity (Wildman–Crippen MR) is 85.1 cm³/mol. The van der Waals surface area contributed by atoms with Gasteiger partial charge in [-0.25, -0.2) is 4.79 Å². The van der Waals surface area contributed by atoms with Crippen molar-refractivity contribution in [3.05, 3.63) is 0 Å². The fourth-order valence-electron chi connectivity index (χ4n) is 2.43. The number of hydrogen-bond acceptors (Lipinski definition) is 3. The lowest BCUT2D eigenvalue weighted by Crippen LogP contribution is -2.53. The number of carboxylic acid groups (broad SMARTS) is 1. The fraction of sp³-hybridized carbons (Fsp3) is 0.867. The molecule has 0 radical (unpaired) electrons. The van der Waals surface area contributed by atoms with Gasteiger partial charge in [-0.3, -0.25) is 9.69 Å². The predicted octanol–water partition coefficient (Wildman–Crippen LogP) is 3.35. The van der Waals surface area contributed by atoms with E-state index in [1.807, 2.05) is 20.8 Å². The highest BCUT2D eigenvalue weighted by Crippen LogP contribution is 2.41. The number of Topliss-reactive ketones (excluding diaryl/α,β-unsaturated/α-hetero) is 1. The second-order valence-electron chi connectivity index (χ2n) is 8.49. The third-order valence-electron chi connectivity index (χ3n) is 4.63. The van der Waals surface area contributed by atoms with E-state index in [0.717, 1.165) is 0 Å². The molecule has 0 saturated carbocycles. The molecular formula is C15H29NO4Si. The van der Waals surface area contributed by atoms with E-state index >= 15 is 0 Å². The molecule has 2 atom stereocenters. The first-order chi connectivity index (χ1) is 9.18. The van der Waals surface area contributed by atoms with Crippen LogP contribution < -0.4 is 0 Å². The summed E-state index contributed by atoms with van der Waals surface area (Å²) in [7, 11) is -2.14. The molecule has 0 aromatic carbocycles. The number of carbonyl (C=O) groups is 2. The molecule has 0 aliphatic carbocycles. The van der Waals surface area contributed by atoms with Crippen LogP contribution in [0.4, 0.5) is 4.79 Å². The Bertz CT molecular complexity index is 434. The molecule has 21 heavy (non-hydrogen) atoms. The average Bonchev–Trinajstić information content (AvgIpc) is 2.53. The molecule has 1 amide bonds. The van der Waals surface area contributed by atoms with Gasteiger partial charge in [-0.05, 0) is 23.5 Å². The van der Waals surface area contributed by atoms with Gasteiger partial charge in [0.2, 0.25) is 0 Å². The maximum absolute atomic E-state index is 12.3. The smallest absolute Gasteiger partial charge is 0.408 e. The molecule has 122 valence electrons. The fourth-order valence-corrected chi connectivity index (χ4v) is 3.68. The third kappa shape index (κ3) is 3.66. The second-order valence-corrected chi connectivity index (χ2v) is 13.2. The summed E-state index contributed by atoms with van der Waals surface area (Å²) in [5, 5.41) is 9.35. The monoisotopic (exact) mass is 315 g/mol. The summed E-state index contributed by atoms with van der Waals surface area (Å²) in [6.07, 6.45) is -1.70. The molecule has 1 rings (SSSR count). The van der Waals surface area contributed by atoms with Crippen LogP contribution in [-0.2, 0) is 9.22 Å². The minimum absolute atomic E-state index is 0.0215. The van der Waals surface area contributed by atoms with E-state index in [1.54, 1.807) is 0 Å². The van der Waals surface area contributed by atoms with Crippen molar-refractivity contribution in [2.45, 2.75) is 71.8 Å². The zero-order valence-corrected chi connectivity index (χ0v) is 15.5. The molecule has 1 aliphatic heterocycles. The Morgan fingerprint density at radius 3 is 2.05 bits per heavy atom. The Labute approximate surface area is 128 Å². The van der Waals surface area contributed by atoms with Gasteiger partial charge in [-0.15, -0.1) is 0 Å². The maximum Gasteiger partial charge on any atom is 0.408 e. The highest BCUT2D eigenvalue weighted by molar-refractivity contribution is 6.74. The Morgan fingerprint density at radius 1 is 1.24 bits per heavy atom. The zero-order valence-electron chi connectivity index (χ0n) is 14.5. The molecule has 1 heterocycles. The third-order valence-corrected chi connectivity index (χ3v) is 9.08. The van der Waals surface area contributed by atoms with E-state index in [4.69, 9.17) is 4.43 Å². The van der Waals surface area contributed by atoms with Gasteiger partial charge in [0.05, 0.1) is 12.6 Å². The van der Waals surface area contributed by atoms with Crippen molar-refractivity contribution in [2.24, 2.45) is 5.41 Å². The topological polar surface area (TPSA) is 66.8 Å². The normalized spacial score (nSPS) is 24.6. The van der Waals surface area contributed by atoms with Crippen LogP contribution in [-0.4, -0.2) is 48.9 Å². The number of hydrogen-bond donors (Lipinski definition) is 1. The number of ketones is 1. The van der Waals surface area contributed by atoms with Crippen molar-refractivity contribution in [1.29, 1.82) is 0 Å². The van der Waals surface area contributed by atoms with Gasteiger partial charge in [-0.1, -0.05) is 41.5 Å².